The van der Waals surface area contributed by atoms with E-state index in [0.29, 0.717) is 39.0 Å². The first kappa shape index (κ1) is 14.6. The van der Waals surface area contributed by atoms with Gasteiger partial charge in [-0.15, -0.1) is 0 Å². The van der Waals surface area contributed by atoms with Crippen LogP contribution >= 0.6 is 0 Å². The molecule has 1 saturated heterocycles. The zero-order valence-corrected chi connectivity index (χ0v) is 11.4. The lowest BCUT2D eigenvalue weighted by atomic mass is 9.96. The Morgan fingerprint density at radius 1 is 1.35 bits per heavy atom. The molecule has 0 aromatic heterocycles. The summed E-state index contributed by atoms with van der Waals surface area (Å²) in [4.78, 5) is 35.9. The Morgan fingerprint density at radius 2 is 2.15 bits per heavy atom. The van der Waals surface area contributed by atoms with Gasteiger partial charge in [0.2, 0.25) is 5.91 Å². The summed E-state index contributed by atoms with van der Waals surface area (Å²) in [5, 5.41) is 14.6. The monoisotopic (exact) mass is 283 g/mol. The van der Waals surface area contributed by atoms with Gasteiger partial charge >= 0.3 is 12.0 Å². The van der Waals surface area contributed by atoms with Crippen LogP contribution in [0.4, 0.5) is 4.79 Å². The van der Waals surface area contributed by atoms with Gasteiger partial charge in [-0.1, -0.05) is 6.42 Å². The zero-order chi connectivity index (χ0) is 14.5. The number of aliphatic carboxylic acids is 1. The highest BCUT2D eigenvalue weighted by Gasteiger charge is 2.33. The molecule has 112 valence electrons. The molecule has 7 heteroatoms. The molecule has 2 aliphatic rings. The van der Waals surface area contributed by atoms with Crippen molar-refractivity contribution >= 4 is 17.9 Å². The van der Waals surface area contributed by atoms with Crippen LogP contribution in [0, 0.1) is 11.8 Å². The van der Waals surface area contributed by atoms with E-state index in [4.69, 9.17) is 5.11 Å². The minimum absolute atomic E-state index is 0.0168. The summed E-state index contributed by atoms with van der Waals surface area (Å²) >= 11 is 0. The lowest BCUT2D eigenvalue weighted by molar-refractivity contribution is -0.142. The van der Waals surface area contributed by atoms with Crippen LogP contribution in [-0.2, 0) is 9.59 Å². The number of carbonyl (C=O) groups excluding carboxylic acids is 2. The van der Waals surface area contributed by atoms with E-state index in [2.05, 4.69) is 10.6 Å². The van der Waals surface area contributed by atoms with Crippen molar-refractivity contribution in [1.29, 1.82) is 0 Å². The van der Waals surface area contributed by atoms with E-state index in [1.807, 2.05) is 0 Å². The molecule has 2 atom stereocenters. The molecule has 3 amide bonds. The number of carboxylic acid groups (broad SMARTS) is 1. The second-order valence-electron chi connectivity index (χ2n) is 5.41. The lowest BCUT2D eigenvalue weighted by Crippen LogP contribution is -2.44. The van der Waals surface area contributed by atoms with Crippen LogP contribution in [-0.4, -0.2) is 54.1 Å². The molecule has 1 saturated carbocycles. The summed E-state index contributed by atoms with van der Waals surface area (Å²) in [6, 6.07) is -0.211. The van der Waals surface area contributed by atoms with Gasteiger partial charge in [0.25, 0.3) is 0 Å². The van der Waals surface area contributed by atoms with Crippen molar-refractivity contribution in [3.05, 3.63) is 0 Å². The number of nitrogens with one attached hydrogen (secondary N) is 2. The molecule has 1 heterocycles. The topological polar surface area (TPSA) is 98.7 Å². The van der Waals surface area contributed by atoms with Crippen LogP contribution in [0.3, 0.4) is 0 Å². The maximum Gasteiger partial charge on any atom is 0.317 e. The predicted molar refractivity (Wildman–Crippen MR) is 71.1 cm³/mol. The fourth-order valence-corrected chi connectivity index (χ4v) is 2.91. The van der Waals surface area contributed by atoms with E-state index in [1.54, 1.807) is 4.90 Å². The van der Waals surface area contributed by atoms with Crippen molar-refractivity contribution in [3.63, 3.8) is 0 Å². The van der Waals surface area contributed by atoms with Crippen LogP contribution in [0.25, 0.3) is 0 Å². The van der Waals surface area contributed by atoms with Gasteiger partial charge < -0.3 is 20.6 Å². The van der Waals surface area contributed by atoms with Crippen LogP contribution in [0.1, 0.15) is 25.7 Å². The molecule has 0 radical (unpaired) electrons. The quantitative estimate of drug-likeness (QED) is 0.680. The van der Waals surface area contributed by atoms with Gasteiger partial charge in [-0.05, 0) is 18.8 Å². The molecule has 2 unspecified atom stereocenters. The van der Waals surface area contributed by atoms with Gasteiger partial charge in [-0.3, -0.25) is 9.59 Å². The van der Waals surface area contributed by atoms with Crippen LogP contribution in [0.5, 0.6) is 0 Å². The normalized spacial score (nSPS) is 26.8. The van der Waals surface area contributed by atoms with E-state index in [-0.39, 0.29) is 23.8 Å². The van der Waals surface area contributed by atoms with Crippen molar-refractivity contribution in [1.82, 2.24) is 15.5 Å². The number of nitrogens with zero attached hydrogens (tertiary/aromatic N) is 1. The van der Waals surface area contributed by atoms with E-state index in [0.717, 1.165) is 12.8 Å². The van der Waals surface area contributed by atoms with E-state index >= 15 is 0 Å². The smallest absolute Gasteiger partial charge is 0.317 e. The largest absolute Gasteiger partial charge is 0.481 e. The summed E-state index contributed by atoms with van der Waals surface area (Å²) in [7, 11) is 0. The SMILES string of the molecule is O=C1CCN(C(=O)NCC2CCCC2C(=O)O)CCN1. The first-order valence-corrected chi connectivity index (χ1v) is 7.10. The van der Waals surface area contributed by atoms with Crippen LogP contribution < -0.4 is 10.6 Å². The Balaban J connectivity index is 1.79. The van der Waals surface area contributed by atoms with Gasteiger partial charge in [0, 0.05) is 32.6 Å². The molecule has 1 aliphatic heterocycles. The third-order valence-electron chi connectivity index (χ3n) is 4.09. The molecule has 3 N–H and O–H groups in total. The highest BCUT2D eigenvalue weighted by molar-refractivity contribution is 5.79. The molecule has 0 aromatic carbocycles. The third kappa shape index (κ3) is 3.61. The number of carbonyl (C=O) groups is 3. The van der Waals surface area contributed by atoms with Crippen molar-refractivity contribution in [2.45, 2.75) is 25.7 Å². The Bertz CT molecular complexity index is 399. The summed E-state index contributed by atoms with van der Waals surface area (Å²) in [6.07, 6.45) is 2.75. The summed E-state index contributed by atoms with van der Waals surface area (Å²) < 4.78 is 0. The fourth-order valence-electron chi connectivity index (χ4n) is 2.91. The van der Waals surface area contributed by atoms with Gasteiger partial charge in [0.1, 0.15) is 0 Å². The second kappa shape index (κ2) is 6.58. The molecular formula is C13H21N3O4. The Morgan fingerprint density at radius 3 is 2.90 bits per heavy atom. The standard InChI is InChI=1S/C13H21N3O4/c17-11-4-6-16(7-5-14-11)13(20)15-8-9-2-1-3-10(9)12(18)19/h9-10H,1-8H2,(H,14,17)(H,15,20)(H,18,19). The van der Waals surface area contributed by atoms with Crippen molar-refractivity contribution < 1.29 is 19.5 Å². The Labute approximate surface area is 117 Å². The number of hydrogen-bond acceptors (Lipinski definition) is 3. The molecule has 20 heavy (non-hydrogen) atoms. The molecule has 0 bridgehead atoms. The minimum atomic E-state index is -0.772. The highest BCUT2D eigenvalue weighted by atomic mass is 16.4. The molecule has 7 nitrogen and oxygen atoms in total. The minimum Gasteiger partial charge on any atom is -0.481 e. The lowest BCUT2D eigenvalue weighted by Gasteiger charge is -2.22. The van der Waals surface area contributed by atoms with Gasteiger partial charge in [0.05, 0.1) is 5.92 Å². The highest BCUT2D eigenvalue weighted by Crippen LogP contribution is 2.31. The van der Waals surface area contributed by atoms with E-state index < -0.39 is 5.97 Å². The van der Waals surface area contributed by atoms with Crippen LogP contribution in [0.15, 0.2) is 0 Å². The number of rotatable bonds is 3. The second-order valence-corrected chi connectivity index (χ2v) is 5.41. The third-order valence-corrected chi connectivity index (χ3v) is 4.09. The first-order valence-electron chi connectivity index (χ1n) is 7.10. The maximum atomic E-state index is 12.0. The van der Waals surface area contributed by atoms with E-state index in [1.165, 1.54) is 0 Å². The number of carboxylic acids is 1. The number of urea groups is 1. The van der Waals surface area contributed by atoms with E-state index in [9.17, 15) is 14.4 Å². The molecule has 1 aliphatic carbocycles. The Hall–Kier alpha value is -1.79. The van der Waals surface area contributed by atoms with Gasteiger partial charge in [-0.25, -0.2) is 4.79 Å². The average Bonchev–Trinajstić information content (AvgIpc) is 2.78. The first-order chi connectivity index (χ1) is 9.58. The molecule has 0 aromatic rings. The fraction of sp³-hybridized carbons (Fsp3) is 0.769. The predicted octanol–water partition coefficient (Wildman–Crippen LogP) is 0.0188. The van der Waals surface area contributed by atoms with Crippen molar-refractivity contribution in [3.8, 4) is 0 Å². The molecule has 2 rings (SSSR count). The number of amides is 3. The van der Waals surface area contributed by atoms with Crippen LogP contribution in [0.2, 0.25) is 0 Å². The van der Waals surface area contributed by atoms with Gasteiger partial charge in [-0.2, -0.15) is 0 Å². The summed E-state index contributed by atoms with van der Waals surface area (Å²) in [5.41, 5.74) is 0. The van der Waals surface area contributed by atoms with Crippen molar-refractivity contribution in [2.75, 3.05) is 26.2 Å². The summed E-state index contributed by atoms with van der Waals surface area (Å²) in [6.45, 7) is 1.76. The molecule has 2 fully saturated rings. The Kier molecular flexibility index (Phi) is 4.81. The van der Waals surface area contributed by atoms with Gasteiger partial charge in [0.15, 0.2) is 0 Å². The zero-order valence-electron chi connectivity index (χ0n) is 11.4. The average molecular weight is 283 g/mol. The summed E-state index contributed by atoms with van der Waals surface area (Å²) in [5.74, 6) is -1.14. The molecule has 0 spiro atoms. The maximum absolute atomic E-state index is 12.0. The number of hydrogen-bond donors (Lipinski definition) is 3. The molecular weight excluding hydrogens is 262 g/mol. The van der Waals surface area contributed by atoms with Crippen molar-refractivity contribution in [2.24, 2.45) is 11.8 Å².